The summed E-state index contributed by atoms with van der Waals surface area (Å²) in [5.74, 6) is 0. The van der Waals surface area contributed by atoms with Crippen molar-refractivity contribution in [3.05, 3.63) is 43.9 Å². The zero-order chi connectivity index (χ0) is 13.3. The van der Waals surface area contributed by atoms with E-state index in [1.165, 1.54) is 4.68 Å². The Balaban J connectivity index is 2.46. The molecule has 94 valence electrons. The smallest absolute Gasteiger partial charge is 0.339 e. The quantitative estimate of drug-likeness (QED) is 0.630. The van der Waals surface area contributed by atoms with Gasteiger partial charge < -0.3 is 5.73 Å². The highest BCUT2D eigenvalue weighted by Crippen LogP contribution is 2.31. The van der Waals surface area contributed by atoms with Gasteiger partial charge in [0.25, 0.3) is 0 Å². The maximum Gasteiger partial charge on any atom is 0.339 e. The average Bonchev–Trinajstić information content (AvgIpc) is 2.30. The first-order valence-electron chi connectivity index (χ1n) is 4.87. The summed E-state index contributed by atoms with van der Waals surface area (Å²) in [6, 6.07) is 4.99. The van der Waals surface area contributed by atoms with Crippen molar-refractivity contribution in [1.82, 2.24) is 14.8 Å². The molecule has 0 spiro atoms. The number of aromatic nitrogens is 3. The van der Waals surface area contributed by atoms with Crippen molar-refractivity contribution in [2.75, 3.05) is 5.73 Å². The second-order valence-corrected chi connectivity index (χ2v) is 4.93. The molecule has 0 unspecified atom stereocenters. The van der Waals surface area contributed by atoms with Crippen LogP contribution in [-0.4, -0.2) is 14.8 Å². The SMILES string of the molecule is Cn1[nH]c(=O)c(=O)nc1Sc1cc(Cl)ccc1N. The summed E-state index contributed by atoms with van der Waals surface area (Å²) in [5.41, 5.74) is 4.71. The molecule has 1 heterocycles. The summed E-state index contributed by atoms with van der Waals surface area (Å²) in [6.07, 6.45) is 0. The van der Waals surface area contributed by atoms with Crippen LogP contribution in [0.25, 0.3) is 0 Å². The number of nitrogens with one attached hydrogen (secondary N) is 1. The van der Waals surface area contributed by atoms with Gasteiger partial charge in [-0.25, -0.2) is 0 Å². The molecular weight excluding hydrogens is 276 g/mol. The molecule has 0 saturated carbocycles. The predicted octanol–water partition coefficient (Wildman–Crippen LogP) is 0.855. The minimum atomic E-state index is -0.837. The van der Waals surface area contributed by atoms with Crippen LogP contribution in [0.4, 0.5) is 5.69 Å². The largest absolute Gasteiger partial charge is 0.398 e. The van der Waals surface area contributed by atoms with E-state index in [-0.39, 0.29) is 0 Å². The second-order valence-electron chi connectivity index (χ2n) is 3.48. The Kier molecular flexibility index (Phi) is 3.44. The molecule has 2 aromatic rings. The van der Waals surface area contributed by atoms with Gasteiger partial charge in [0.05, 0.1) is 0 Å². The van der Waals surface area contributed by atoms with Gasteiger partial charge >= 0.3 is 11.1 Å². The van der Waals surface area contributed by atoms with E-state index in [9.17, 15) is 9.59 Å². The number of rotatable bonds is 2. The van der Waals surface area contributed by atoms with Crippen LogP contribution in [-0.2, 0) is 7.05 Å². The first-order valence-corrected chi connectivity index (χ1v) is 6.07. The van der Waals surface area contributed by atoms with Gasteiger partial charge in [0.1, 0.15) is 0 Å². The third-order valence-electron chi connectivity index (χ3n) is 2.12. The summed E-state index contributed by atoms with van der Waals surface area (Å²) >= 11 is 7.01. The number of halogens is 1. The van der Waals surface area contributed by atoms with E-state index in [2.05, 4.69) is 10.1 Å². The molecule has 1 aromatic heterocycles. The van der Waals surface area contributed by atoms with Crippen LogP contribution in [0.3, 0.4) is 0 Å². The molecule has 0 atom stereocenters. The average molecular weight is 285 g/mol. The molecule has 18 heavy (non-hydrogen) atoms. The standard InChI is InChI=1S/C10H9ClN4O2S/c1-15-10(13-8(16)9(17)14-15)18-7-4-5(11)2-3-6(7)12/h2-4H,12H2,1H3,(H,14,17). The Morgan fingerprint density at radius 3 is 2.89 bits per heavy atom. The van der Waals surface area contributed by atoms with Gasteiger partial charge in [0.2, 0.25) is 0 Å². The van der Waals surface area contributed by atoms with Crippen molar-refractivity contribution in [2.45, 2.75) is 10.1 Å². The lowest BCUT2D eigenvalue weighted by molar-refractivity contribution is 0.596. The molecule has 3 N–H and O–H groups in total. The molecule has 8 heteroatoms. The molecule has 0 amide bonds. The molecule has 2 rings (SSSR count). The normalized spacial score (nSPS) is 10.6. The Morgan fingerprint density at radius 1 is 1.44 bits per heavy atom. The summed E-state index contributed by atoms with van der Waals surface area (Å²) < 4.78 is 1.36. The first-order chi connectivity index (χ1) is 8.47. The van der Waals surface area contributed by atoms with Crippen LogP contribution >= 0.6 is 23.4 Å². The van der Waals surface area contributed by atoms with Gasteiger partial charge in [-0.2, -0.15) is 4.98 Å². The van der Waals surface area contributed by atoms with Gasteiger partial charge in [0, 0.05) is 22.7 Å². The van der Waals surface area contributed by atoms with Crippen LogP contribution in [0.5, 0.6) is 0 Å². The molecular formula is C10H9ClN4O2S. The molecule has 1 aromatic carbocycles. The Hall–Kier alpha value is -1.73. The zero-order valence-electron chi connectivity index (χ0n) is 9.31. The second kappa shape index (κ2) is 4.87. The van der Waals surface area contributed by atoms with E-state index in [1.54, 1.807) is 25.2 Å². The number of nitrogens with two attached hydrogens (primary N) is 1. The number of aromatic amines is 1. The highest BCUT2D eigenvalue weighted by molar-refractivity contribution is 7.99. The lowest BCUT2D eigenvalue weighted by atomic mass is 10.3. The lowest BCUT2D eigenvalue weighted by Crippen LogP contribution is -2.33. The van der Waals surface area contributed by atoms with Gasteiger partial charge in [-0.3, -0.25) is 19.4 Å². The third-order valence-corrected chi connectivity index (χ3v) is 3.48. The van der Waals surface area contributed by atoms with Crippen LogP contribution in [0.15, 0.2) is 37.8 Å². The molecule has 0 aliphatic rings. The monoisotopic (exact) mass is 284 g/mol. The highest BCUT2D eigenvalue weighted by atomic mass is 35.5. The van der Waals surface area contributed by atoms with Crippen molar-refractivity contribution in [3.8, 4) is 0 Å². The molecule has 0 fully saturated rings. The number of nitrogens with zero attached hydrogens (tertiary/aromatic N) is 2. The van der Waals surface area contributed by atoms with E-state index in [0.717, 1.165) is 11.8 Å². The van der Waals surface area contributed by atoms with Crippen molar-refractivity contribution in [2.24, 2.45) is 7.05 Å². The van der Waals surface area contributed by atoms with Gasteiger partial charge in [-0.1, -0.05) is 11.6 Å². The van der Waals surface area contributed by atoms with Crippen LogP contribution < -0.4 is 16.9 Å². The molecule has 0 bridgehead atoms. The zero-order valence-corrected chi connectivity index (χ0v) is 10.9. The third kappa shape index (κ3) is 2.57. The fourth-order valence-electron chi connectivity index (χ4n) is 1.25. The minimum Gasteiger partial charge on any atom is -0.398 e. The summed E-state index contributed by atoms with van der Waals surface area (Å²) in [6.45, 7) is 0. The van der Waals surface area contributed by atoms with Gasteiger partial charge in [-0.05, 0) is 30.0 Å². The van der Waals surface area contributed by atoms with E-state index >= 15 is 0 Å². The van der Waals surface area contributed by atoms with E-state index < -0.39 is 11.1 Å². The van der Waals surface area contributed by atoms with Crippen molar-refractivity contribution >= 4 is 29.1 Å². The number of hydrogen-bond acceptors (Lipinski definition) is 5. The molecule has 6 nitrogen and oxygen atoms in total. The number of H-pyrrole nitrogens is 1. The highest BCUT2D eigenvalue weighted by Gasteiger charge is 2.08. The Labute approximate surface area is 111 Å². The summed E-state index contributed by atoms with van der Waals surface area (Å²) in [4.78, 5) is 26.6. The van der Waals surface area contributed by atoms with Crippen molar-refractivity contribution < 1.29 is 0 Å². The van der Waals surface area contributed by atoms with E-state index in [0.29, 0.717) is 20.8 Å². The van der Waals surface area contributed by atoms with Crippen LogP contribution in [0.2, 0.25) is 5.02 Å². The number of hydrogen-bond donors (Lipinski definition) is 2. The van der Waals surface area contributed by atoms with Gasteiger partial charge in [-0.15, -0.1) is 0 Å². The maximum atomic E-state index is 11.2. The van der Waals surface area contributed by atoms with Crippen molar-refractivity contribution in [3.63, 3.8) is 0 Å². The maximum absolute atomic E-state index is 11.2. The van der Waals surface area contributed by atoms with Gasteiger partial charge in [0.15, 0.2) is 5.16 Å². The number of benzene rings is 1. The molecule has 0 radical (unpaired) electrons. The lowest BCUT2D eigenvalue weighted by Gasteiger charge is -2.08. The molecule has 0 saturated heterocycles. The Morgan fingerprint density at radius 2 is 2.17 bits per heavy atom. The van der Waals surface area contributed by atoms with E-state index in [1.807, 2.05) is 0 Å². The minimum absolute atomic E-state index is 0.327. The van der Waals surface area contributed by atoms with Crippen molar-refractivity contribution in [1.29, 1.82) is 0 Å². The number of nitrogen functional groups attached to an aromatic ring is 1. The molecule has 0 aliphatic heterocycles. The number of anilines is 1. The Bertz CT molecular complexity index is 710. The summed E-state index contributed by atoms with van der Waals surface area (Å²) in [7, 11) is 1.58. The number of aryl methyl sites for hydroxylation is 1. The van der Waals surface area contributed by atoms with Crippen LogP contribution in [0, 0.1) is 0 Å². The van der Waals surface area contributed by atoms with Crippen LogP contribution in [0.1, 0.15) is 0 Å². The summed E-state index contributed by atoms with van der Waals surface area (Å²) in [5, 5.41) is 3.21. The van der Waals surface area contributed by atoms with E-state index in [4.69, 9.17) is 17.3 Å². The fraction of sp³-hybridized carbons (Fsp3) is 0.100. The topological polar surface area (TPSA) is 93.8 Å². The predicted molar refractivity (Wildman–Crippen MR) is 70.1 cm³/mol. The molecule has 0 aliphatic carbocycles. The first kappa shape index (κ1) is 12.7. The fourth-order valence-corrected chi connectivity index (χ4v) is 2.36.